The summed E-state index contributed by atoms with van der Waals surface area (Å²) in [6.45, 7) is 17.9. The zero-order valence-electron chi connectivity index (χ0n) is 28.3. The lowest BCUT2D eigenvalue weighted by Crippen LogP contribution is -2.30. The van der Waals surface area contributed by atoms with E-state index in [2.05, 4.69) is 60.8 Å². The summed E-state index contributed by atoms with van der Waals surface area (Å²) >= 11 is 0. The Hall–Kier alpha value is -2.62. The Balaban J connectivity index is 0.000000390. The van der Waals surface area contributed by atoms with Crippen LogP contribution in [0.3, 0.4) is 0 Å². The maximum absolute atomic E-state index is 5.53. The predicted molar refractivity (Wildman–Crippen MR) is 189 cm³/mol. The molecule has 2 aromatic carbocycles. The minimum atomic E-state index is 0.655. The first-order valence-electron chi connectivity index (χ1n) is 17.3. The first kappa shape index (κ1) is 34.9. The number of hydrogen-bond donors (Lipinski definition) is 1. The number of aryl methyl sites for hydroxylation is 5. The molecule has 0 aliphatic heterocycles. The summed E-state index contributed by atoms with van der Waals surface area (Å²) in [7, 11) is 5.53. The van der Waals surface area contributed by atoms with Crippen molar-refractivity contribution in [2.24, 2.45) is 11.3 Å². The number of rotatable bonds is 14. The molecule has 3 nitrogen and oxygen atoms in total. The van der Waals surface area contributed by atoms with Crippen molar-refractivity contribution >= 4 is 24.2 Å². The molecule has 232 valence electrons. The van der Waals surface area contributed by atoms with Gasteiger partial charge < -0.3 is 5.32 Å². The third-order valence-corrected chi connectivity index (χ3v) is 9.42. The first-order valence-corrected chi connectivity index (χ1v) is 17.3. The molecule has 4 heteroatoms. The van der Waals surface area contributed by atoms with E-state index < -0.39 is 0 Å². The van der Waals surface area contributed by atoms with Crippen LogP contribution < -0.4 is 10.8 Å². The minimum Gasteiger partial charge on any atom is -0.389 e. The molecule has 0 saturated heterocycles. The first-order chi connectivity index (χ1) is 20.8. The van der Waals surface area contributed by atoms with Crippen LogP contribution in [0.1, 0.15) is 127 Å². The molecular formula is C39H58BN3. The van der Waals surface area contributed by atoms with E-state index in [1.54, 1.807) is 0 Å². The van der Waals surface area contributed by atoms with Crippen LogP contribution in [0.15, 0.2) is 48.7 Å². The van der Waals surface area contributed by atoms with Gasteiger partial charge in [0.1, 0.15) is 13.7 Å². The Bertz CT molecular complexity index is 1290. The Kier molecular flexibility index (Phi) is 14.3. The van der Waals surface area contributed by atoms with Crippen LogP contribution in [0.5, 0.6) is 0 Å². The second-order valence-electron chi connectivity index (χ2n) is 12.8. The fourth-order valence-electron chi connectivity index (χ4n) is 7.18. The Labute approximate surface area is 265 Å². The average Bonchev–Trinajstić information content (AvgIpc) is 3.58. The molecule has 1 aromatic heterocycles. The molecule has 3 aliphatic rings. The molecule has 3 fully saturated rings. The number of hydrogen-bond acceptors (Lipinski definition) is 3. The van der Waals surface area contributed by atoms with Gasteiger partial charge in [-0.2, -0.15) is 0 Å². The van der Waals surface area contributed by atoms with Crippen LogP contribution in [0.4, 0.5) is 0 Å². The largest absolute Gasteiger partial charge is 0.389 e. The van der Waals surface area contributed by atoms with Crippen LogP contribution in [0, 0.1) is 25.2 Å². The number of fused-ring (bicyclic) bond motifs is 2. The van der Waals surface area contributed by atoms with Gasteiger partial charge in [0.2, 0.25) is 0 Å². The molecule has 3 aromatic rings. The Morgan fingerprint density at radius 2 is 1.65 bits per heavy atom. The van der Waals surface area contributed by atoms with Crippen LogP contribution in [0.25, 0.3) is 10.9 Å². The number of nitrogens with zero attached hydrogens (tertiary/aromatic N) is 2. The monoisotopic (exact) mass is 579 g/mol. The van der Waals surface area contributed by atoms with Crippen LogP contribution in [-0.2, 0) is 19.3 Å². The number of unbranched alkanes of at least 4 members (excludes halogenated alkanes) is 5. The fourth-order valence-corrected chi connectivity index (χ4v) is 7.18. The van der Waals surface area contributed by atoms with E-state index in [-0.39, 0.29) is 0 Å². The van der Waals surface area contributed by atoms with E-state index in [1.807, 2.05) is 39.0 Å². The van der Waals surface area contributed by atoms with Crippen molar-refractivity contribution in [1.82, 2.24) is 15.3 Å². The molecule has 0 unspecified atom stereocenters. The summed E-state index contributed by atoms with van der Waals surface area (Å²) in [6, 6.07) is 12.6. The second-order valence-corrected chi connectivity index (χ2v) is 12.8. The summed E-state index contributed by atoms with van der Waals surface area (Å²) in [4.78, 5) is 9.22. The predicted octanol–water partition coefficient (Wildman–Crippen LogP) is 9.44. The van der Waals surface area contributed by atoms with E-state index in [9.17, 15) is 0 Å². The van der Waals surface area contributed by atoms with Crippen LogP contribution in [-0.4, -0.2) is 24.4 Å². The van der Waals surface area contributed by atoms with Crippen molar-refractivity contribution in [3.63, 3.8) is 0 Å². The zero-order valence-corrected chi connectivity index (χ0v) is 28.3. The second kappa shape index (κ2) is 17.6. The summed E-state index contributed by atoms with van der Waals surface area (Å²) < 4.78 is 0. The summed E-state index contributed by atoms with van der Waals surface area (Å²) in [5.74, 6) is 1.93. The van der Waals surface area contributed by atoms with Gasteiger partial charge in [-0.15, -0.1) is 0 Å². The van der Waals surface area contributed by atoms with E-state index in [0.717, 1.165) is 47.8 Å². The molecule has 43 heavy (non-hydrogen) atoms. The standard InChI is InChI=1S/C29H43N3.C8H9B.C2H6/c1-5-25-16-27-22(3)31-23(4)32-28(27)17-26(25)12-10-8-6-7-9-11-15-30-21(2)18-29-14-13-24(19-29)20-29;1-2-7-4-3-5-8(9)6-7;1-2/h16-17,24,30H,2,5-15,18-20H2,1,3-4H3;3-6H,2H2,1H3;1-2H3. The molecule has 2 radical (unpaired) electrons. The lowest BCUT2D eigenvalue weighted by atomic mass is 9.67. The highest BCUT2D eigenvalue weighted by Crippen LogP contribution is 2.61. The van der Waals surface area contributed by atoms with Gasteiger partial charge in [0.15, 0.2) is 0 Å². The zero-order chi connectivity index (χ0) is 31.2. The molecule has 0 amide bonds. The molecule has 1 N–H and O–H groups in total. The van der Waals surface area contributed by atoms with Crippen LogP contribution >= 0.6 is 0 Å². The molecule has 3 aliphatic carbocycles. The van der Waals surface area contributed by atoms with E-state index >= 15 is 0 Å². The number of benzene rings is 2. The normalized spacial score (nSPS) is 18.2. The molecule has 2 bridgehead atoms. The minimum absolute atomic E-state index is 0.655. The highest BCUT2D eigenvalue weighted by Gasteiger charge is 2.49. The van der Waals surface area contributed by atoms with Crippen molar-refractivity contribution in [2.75, 3.05) is 6.54 Å². The number of aromatic nitrogens is 2. The highest BCUT2D eigenvalue weighted by atomic mass is 14.9. The summed E-state index contributed by atoms with van der Waals surface area (Å²) in [6.07, 6.45) is 18.3. The fraction of sp³-hybridized carbons (Fsp3) is 0.590. The van der Waals surface area contributed by atoms with Crippen molar-refractivity contribution in [3.05, 3.63) is 76.9 Å². The molecule has 0 atom stereocenters. The van der Waals surface area contributed by atoms with Gasteiger partial charge in [0.05, 0.1) is 5.52 Å². The Morgan fingerprint density at radius 3 is 2.28 bits per heavy atom. The lowest BCUT2D eigenvalue weighted by molar-refractivity contribution is 0.142. The quantitative estimate of drug-likeness (QED) is 0.153. The van der Waals surface area contributed by atoms with E-state index in [1.165, 1.54) is 105 Å². The molecular weight excluding hydrogens is 521 g/mol. The molecule has 3 saturated carbocycles. The van der Waals surface area contributed by atoms with Gasteiger partial charge in [0, 0.05) is 23.3 Å². The van der Waals surface area contributed by atoms with Gasteiger partial charge in [0.25, 0.3) is 0 Å². The SMILES string of the molecule is C=C(CC12CCC(C1)C2)NCCCCCCCCc1cc2nc(C)nc(C)c2cc1CC.CC.[B]c1cccc(CC)c1. The summed E-state index contributed by atoms with van der Waals surface area (Å²) in [5.41, 5.74) is 9.27. The molecule has 0 spiro atoms. The van der Waals surface area contributed by atoms with Gasteiger partial charge in [-0.3, -0.25) is 0 Å². The van der Waals surface area contributed by atoms with Gasteiger partial charge in [-0.25, -0.2) is 9.97 Å². The van der Waals surface area contributed by atoms with Crippen molar-refractivity contribution in [2.45, 2.75) is 131 Å². The van der Waals surface area contributed by atoms with Crippen molar-refractivity contribution < 1.29 is 0 Å². The van der Waals surface area contributed by atoms with Gasteiger partial charge >= 0.3 is 0 Å². The maximum Gasteiger partial charge on any atom is 0.126 e. The van der Waals surface area contributed by atoms with Gasteiger partial charge in [-0.05, 0) is 118 Å². The molecule has 1 heterocycles. The number of allylic oxidation sites excluding steroid dienone is 1. The third kappa shape index (κ3) is 10.5. The smallest absolute Gasteiger partial charge is 0.126 e. The maximum atomic E-state index is 5.53. The molecule has 6 rings (SSSR count). The van der Waals surface area contributed by atoms with Crippen LogP contribution in [0.2, 0.25) is 0 Å². The third-order valence-electron chi connectivity index (χ3n) is 9.42. The highest BCUT2D eigenvalue weighted by molar-refractivity contribution is 6.32. The van der Waals surface area contributed by atoms with Crippen molar-refractivity contribution in [1.29, 1.82) is 0 Å². The van der Waals surface area contributed by atoms with Crippen molar-refractivity contribution in [3.8, 4) is 0 Å². The van der Waals surface area contributed by atoms with E-state index in [4.69, 9.17) is 7.85 Å². The topological polar surface area (TPSA) is 37.8 Å². The number of nitrogens with one attached hydrogen (secondary N) is 1. The Morgan fingerprint density at radius 1 is 0.930 bits per heavy atom. The average molecular weight is 580 g/mol. The summed E-state index contributed by atoms with van der Waals surface area (Å²) in [5, 5.41) is 4.83. The lowest BCUT2D eigenvalue weighted by Gasteiger charge is -2.39. The van der Waals surface area contributed by atoms with E-state index in [0.29, 0.717) is 5.41 Å². The van der Waals surface area contributed by atoms with Gasteiger partial charge in [-0.1, -0.05) is 89.7 Å².